The number of carbonyl (C=O) groups is 1. The molecule has 1 aromatic heterocycles. The summed E-state index contributed by atoms with van der Waals surface area (Å²) >= 11 is 1.32. The second kappa shape index (κ2) is 10.3. The summed E-state index contributed by atoms with van der Waals surface area (Å²) in [6, 6.07) is 15.0. The molecule has 0 radical (unpaired) electrons. The Morgan fingerprint density at radius 1 is 1.08 bits per heavy atom. The van der Waals surface area contributed by atoms with Crippen LogP contribution in [-0.4, -0.2) is 23.8 Å². The van der Waals surface area contributed by atoms with E-state index in [1.807, 2.05) is 49.4 Å². The molecule has 1 atom stereocenters. The Balaban J connectivity index is 1.92. The first kappa shape index (κ1) is 25.6. The summed E-state index contributed by atoms with van der Waals surface area (Å²) in [5, 5.41) is 0. The highest BCUT2D eigenvalue weighted by Crippen LogP contribution is 2.35. The molecule has 2 aromatic carbocycles. The van der Waals surface area contributed by atoms with Crippen molar-refractivity contribution >= 4 is 23.4 Å². The van der Waals surface area contributed by atoms with Gasteiger partial charge in [-0.05, 0) is 49.5 Å². The Bertz CT molecular complexity index is 1490. The maximum Gasteiger partial charge on any atom is 0.338 e. The zero-order chi connectivity index (χ0) is 26.0. The summed E-state index contributed by atoms with van der Waals surface area (Å²) in [4.78, 5) is 32.1. The van der Waals surface area contributed by atoms with Crippen LogP contribution in [0.5, 0.6) is 5.75 Å². The summed E-state index contributed by atoms with van der Waals surface area (Å²) in [6.07, 6.45) is 1.88. The Kier molecular flexibility index (Phi) is 7.31. The van der Waals surface area contributed by atoms with Gasteiger partial charge in [-0.25, -0.2) is 9.79 Å². The molecule has 1 aliphatic rings. The maximum absolute atomic E-state index is 13.8. The largest absolute Gasteiger partial charge is 0.494 e. The number of carbonyl (C=O) groups excluding carboxylic acids is 1. The minimum absolute atomic E-state index is 0.0485. The Hall–Kier alpha value is -3.45. The number of esters is 1. The van der Waals surface area contributed by atoms with E-state index in [0.29, 0.717) is 33.0 Å². The molecule has 0 spiro atoms. The van der Waals surface area contributed by atoms with Crippen LogP contribution in [0.15, 0.2) is 69.6 Å². The van der Waals surface area contributed by atoms with E-state index in [1.54, 1.807) is 18.4 Å². The molecule has 0 N–H and O–H groups in total. The third kappa shape index (κ3) is 4.93. The van der Waals surface area contributed by atoms with Crippen LogP contribution >= 0.6 is 11.3 Å². The van der Waals surface area contributed by atoms with Gasteiger partial charge in [-0.3, -0.25) is 9.36 Å². The molecule has 188 valence electrons. The third-order valence-electron chi connectivity index (χ3n) is 6.10. The molecule has 0 saturated heterocycles. The number of fused-ring (bicyclic) bond motifs is 1. The van der Waals surface area contributed by atoms with Crippen LogP contribution < -0.4 is 19.6 Å². The monoisotopic (exact) mass is 504 g/mol. The lowest BCUT2D eigenvalue weighted by Gasteiger charge is -2.26. The van der Waals surface area contributed by atoms with Crippen molar-refractivity contribution < 1.29 is 14.3 Å². The molecular weight excluding hydrogens is 472 g/mol. The normalized spacial score (nSPS) is 15.9. The average Bonchev–Trinajstić information content (AvgIpc) is 3.13. The number of hydrogen-bond acceptors (Lipinski definition) is 6. The lowest BCUT2D eigenvalue weighted by molar-refractivity contribution is -0.139. The number of thiazole rings is 1. The predicted octanol–water partition coefficient (Wildman–Crippen LogP) is 4.49. The van der Waals surface area contributed by atoms with Gasteiger partial charge in [-0.15, -0.1) is 0 Å². The van der Waals surface area contributed by atoms with Crippen molar-refractivity contribution in [2.45, 2.75) is 53.0 Å². The average molecular weight is 505 g/mol. The topological polar surface area (TPSA) is 69.9 Å². The first-order chi connectivity index (χ1) is 17.2. The second-order valence-corrected chi connectivity index (χ2v) is 10.7. The van der Waals surface area contributed by atoms with E-state index in [4.69, 9.17) is 9.47 Å². The first-order valence-corrected chi connectivity index (χ1v) is 13.0. The number of ether oxygens (including phenoxy) is 2. The molecule has 2 heterocycles. The van der Waals surface area contributed by atoms with Crippen LogP contribution in [0.4, 0.5) is 0 Å². The molecule has 0 fully saturated rings. The predicted molar refractivity (Wildman–Crippen MR) is 143 cm³/mol. The van der Waals surface area contributed by atoms with Crippen LogP contribution in [-0.2, 0) is 14.9 Å². The van der Waals surface area contributed by atoms with Gasteiger partial charge >= 0.3 is 5.97 Å². The zero-order valence-electron chi connectivity index (χ0n) is 21.6. The fraction of sp³-hybridized carbons (Fsp3) is 0.345. The highest BCUT2D eigenvalue weighted by molar-refractivity contribution is 7.07. The van der Waals surface area contributed by atoms with E-state index in [9.17, 15) is 9.59 Å². The molecule has 0 amide bonds. The smallest absolute Gasteiger partial charge is 0.338 e. The number of benzene rings is 2. The summed E-state index contributed by atoms with van der Waals surface area (Å²) in [7, 11) is 0. The van der Waals surface area contributed by atoms with E-state index < -0.39 is 12.0 Å². The van der Waals surface area contributed by atoms with Gasteiger partial charge in [0.2, 0.25) is 0 Å². The third-order valence-corrected chi connectivity index (χ3v) is 7.09. The fourth-order valence-electron chi connectivity index (χ4n) is 4.31. The number of allylic oxidation sites excluding steroid dienone is 1. The number of rotatable bonds is 6. The summed E-state index contributed by atoms with van der Waals surface area (Å²) < 4.78 is 13.4. The molecule has 6 nitrogen and oxygen atoms in total. The molecular formula is C29H32N2O4S. The van der Waals surface area contributed by atoms with Crippen LogP contribution in [0.2, 0.25) is 0 Å². The van der Waals surface area contributed by atoms with Gasteiger partial charge in [-0.2, -0.15) is 0 Å². The van der Waals surface area contributed by atoms with Crippen molar-refractivity contribution in [3.05, 3.63) is 96.2 Å². The number of nitrogens with zero attached hydrogens (tertiary/aromatic N) is 2. The highest BCUT2D eigenvalue weighted by atomic mass is 32.1. The summed E-state index contributed by atoms with van der Waals surface area (Å²) in [5.41, 5.74) is 3.60. The Labute approximate surface area is 215 Å². The molecule has 3 aromatic rings. The maximum atomic E-state index is 13.8. The SMILES string of the molecule is CCOC(=O)C1=C(C)N=c2s/c(=C\c3ccc(C(C)(C)C)cc3)c(=O)n2[C@H]1c1ccccc1OCC. The fourth-order valence-corrected chi connectivity index (χ4v) is 5.36. The molecule has 36 heavy (non-hydrogen) atoms. The number of para-hydroxylation sites is 1. The minimum Gasteiger partial charge on any atom is -0.494 e. The van der Waals surface area contributed by atoms with Crippen LogP contribution in [0.25, 0.3) is 6.08 Å². The molecule has 0 bridgehead atoms. The quantitative estimate of drug-likeness (QED) is 0.464. The molecule has 0 saturated carbocycles. The molecule has 0 aliphatic carbocycles. The second-order valence-electron chi connectivity index (χ2n) is 9.65. The van der Waals surface area contributed by atoms with Gasteiger partial charge in [0.15, 0.2) is 4.80 Å². The zero-order valence-corrected chi connectivity index (χ0v) is 22.4. The molecule has 1 aliphatic heterocycles. The van der Waals surface area contributed by atoms with Gasteiger partial charge in [0, 0.05) is 5.56 Å². The Morgan fingerprint density at radius 3 is 2.42 bits per heavy atom. The lowest BCUT2D eigenvalue weighted by atomic mass is 9.87. The van der Waals surface area contributed by atoms with Gasteiger partial charge in [0.05, 0.1) is 29.0 Å². The molecule has 0 unspecified atom stereocenters. The van der Waals surface area contributed by atoms with E-state index in [2.05, 4.69) is 37.9 Å². The van der Waals surface area contributed by atoms with Crippen molar-refractivity contribution in [1.82, 2.24) is 4.57 Å². The summed E-state index contributed by atoms with van der Waals surface area (Å²) in [6.45, 7) is 12.6. The molecule has 4 rings (SSSR count). The van der Waals surface area contributed by atoms with Gasteiger partial charge in [-0.1, -0.05) is 74.6 Å². The van der Waals surface area contributed by atoms with E-state index >= 15 is 0 Å². The van der Waals surface area contributed by atoms with Crippen LogP contribution in [0.1, 0.15) is 64.3 Å². The number of aromatic nitrogens is 1. The Morgan fingerprint density at radius 2 is 1.78 bits per heavy atom. The number of hydrogen-bond donors (Lipinski definition) is 0. The first-order valence-electron chi connectivity index (χ1n) is 12.2. The van der Waals surface area contributed by atoms with E-state index in [1.165, 1.54) is 16.9 Å². The van der Waals surface area contributed by atoms with Crippen molar-refractivity contribution in [2.75, 3.05) is 13.2 Å². The van der Waals surface area contributed by atoms with E-state index in [-0.39, 0.29) is 17.6 Å². The van der Waals surface area contributed by atoms with Gasteiger partial charge in [0.25, 0.3) is 5.56 Å². The van der Waals surface area contributed by atoms with Crippen molar-refractivity contribution in [3.63, 3.8) is 0 Å². The van der Waals surface area contributed by atoms with Crippen LogP contribution in [0.3, 0.4) is 0 Å². The standard InChI is InChI=1S/C29H32N2O4S/c1-7-34-22-12-10-9-11-21(22)25-24(27(33)35-8-2)18(3)30-28-31(25)26(32)23(36-28)17-19-13-15-20(16-14-19)29(4,5)6/h9-17,25H,7-8H2,1-6H3/b23-17-/t25-/m0/s1. The minimum atomic E-state index is -0.700. The van der Waals surface area contributed by atoms with Gasteiger partial charge < -0.3 is 9.47 Å². The molecule has 7 heteroatoms. The van der Waals surface area contributed by atoms with Crippen molar-refractivity contribution in [1.29, 1.82) is 0 Å². The van der Waals surface area contributed by atoms with E-state index in [0.717, 1.165) is 11.1 Å². The lowest BCUT2D eigenvalue weighted by Crippen LogP contribution is -2.40. The van der Waals surface area contributed by atoms with Gasteiger partial charge in [0.1, 0.15) is 11.8 Å². The van der Waals surface area contributed by atoms with Crippen LogP contribution in [0, 0.1) is 0 Å². The van der Waals surface area contributed by atoms with Crippen molar-refractivity contribution in [3.8, 4) is 5.75 Å². The highest BCUT2D eigenvalue weighted by Gasteiger charge is 2.35. The summed E-state index contributed by atoms with van der Waals surface area (Å²) in [5.74, 6) is 0.135. The van der Waals surface area contributed by atoms with Crippen molar-refractivity contribution in [2.24, 2.45) is 4.99 Å².